The van der Waals surface area contributed by atoms with Crippen molar-refractivity contribution in [2.45, 2.75) is 11.8 Å². The minimum absolute atomic E-state index is 0.0113. The number of amides is 1. The molecule has 0 saturated carbocycles. The van der Waals surface area contributed by atoms with E-state index in [4.69, 9.17) is 4.74 Å². The van der Waals surface area contributed by atoms with E-state index in [1.807, 2.05) is 6.92 Å². The number of ether oxygens (including phenoxy) is 1. The molecule has 3 rings (SSSR count). The zero-order valence-corrected chi connectivity index (χ0v) is 20.9. The fourth-order valence-corrected chi connectivity index (χ4v) is 4.85. The molecule has 0 aliphatic carbocycles. The van der Waals surface area contributed by atoms with Crippen molar-refractivity contribution >= 4 is 59.2 Å². The number of sulfonamides is 1. The van der Waals surface area contributed by atoms with Gasteiger partial charge in [-0.1, -0.05) is 31.9 Å². The van der Waals surface area contributed by atoms with E-state index in [1.54, 1.807) is 42.5 Å². The molecule has 1 amide bonds. The van der Waals surface area contributed by atoms with E-state index in [1.165, 1.54) is 24.3 Å². The quantitative estimate of drug-likeness (QED) is 0.374. The predicted octanol–water partition coefficient (Wildman–Crippen LogP) is 5.58. The molecule has 0 bridgehead atoms. The molecule has 168 valence electrons. The van der Waals surface area contributed by atoms with Gasteiger partial charge in [-0.25, -0.2) is 12.8 Å². The molecule has 32 heavy (non-hydrogen) atoms. The van der Waals surface area contributed by atoms with Crippen molar-refractivity contribution in [1.82, 2.24) is 0 Å². The number of carbonyl (C=O) groups is 1. The molecule has 0 radical (unpaired) electrons. The van der Waals surface area contributed by atoms with Gasteiger partial charge in [0.25, 0.3) is 10.0 Å². The van der Waals surface area contributed by atoms with Gasteiger partial charge in [-0.15, -0.1) is 0 Å². The molecule has 1 N–H and O–H groups in total. The summed E-state index contributed by atoms with van der Waals surface area (Å²) in [7, 11) is -4.09. The first-order chi connectivity index (χ1) is 15.2. The Balaban J connectivity index is 1.94. The Morgan fingerprint density at radius 3 is 2.22 bits per heavy atom. The number of halogens is 3. The van der Waals surface area contributed by atoms with E-state index >= 15 is 0 Å². The first-order valence-corrected chi connectivity index (χ1v) is 12.5. The van der Waals surface area contributed by atoms with Gasteiger partial charge < -0.3 is 10.1 Å². The number of carbonyl (C=O) groups excluding carboxylic acids is 1. The Hall–Kier alpha value is -2.43. The van der Waals surface area contributed by atoms with Gasteiger partial charge in [0, 0.05) is 8.95 Å². The summed E-state index contributed by atoms with van der Waals surface area (Å²) < 4.78 is 48.5. The maximum atomic E-state index is 14.1. The van der Waals surface area contributed by atoms with Crippen LogP contribution in [0.3, 0.4) is 0 Å². The van der Waals surface area contributed by atoms with Crippen LogP contribution in [0.15, 0.2) is 80.6 Å². The Bertz CT molecular complexity index is 1200. The van der Waals surface area contributed by atoms with Crippen LogP contribution in [0.2, 0.25) is 0 Å². The molecule has 0 fully saturated rings. The minimum atomic E-state index is -4.09. The highest BCUT2D eigenvalue weighted by Gasteiger charge is 2.27. The summed E-state index contributed by atoms with van der Waals surface area (Å²) in [6, 6.07) is 16.6. The molecule has 3 aromatic carbocycles. The van der Waals surface area contributed by atoms with Crippen LogP contribution in [0, 0.1) is 5.82 Å². The summed E-state index contributed by atoms with van der Waals surface area (Å²) in [6.45, 7) is 1.74. The van der Waals surface area contributed by atoms with Gasteiger partial charge >= 0.3 is 0 Å². The SMILES string of the molecule is CCOc1ccc(N(CC(=O)Nc2ccc(Br)cc2F)S(=O)(=O)c2ccc(Br)cc2)cc1. The highest BCUT2D eigenvalue weighted by atomic mass is 79.9. The molecule has 0 atom stereocenters. The summed E-state index contributed by atoms with van der Waals surface area (Å²) in [5.41, 5.74) is 0.216. The van der Waals surface area contributed by atoms with Crippen LogP contribution >= 0.6 is 31.9 Å². The van der Waals surface area contributed by atoms with Crippen LogP contribution in [0.1, 0.15) is 6.92 Å². The fraction of sp³-hybridized carbons (Fsp3) is 0.136. The smallest absolute Gasteiger partial charge is 0.264 e. The van der Waals surface area contributed by atoms with E-state index in [0.717, 1.165) is 4.31 Å². The third-order valence-corrected chi connectivity index (χ3v) is 7.14. The van der Waals surface area contributed by atoms with Gasteiger partial charge in [-0.05, 0) is 73.7 Å². The predicted molar refractivity (Wildman–Crippen MR) is 129 cm³/mol. The lowest BCUT2D eigenvalue weighted by Crippen LogP contribution is -2.38. The van der Waals surface area contributed by atoms with Gasteiger partial charge in [0.15, 0.2) is 0 Å². The Labute approximate surface area is 202 Å². The molecule has 0 saturated heterocycles. The summed E-state index contributed by atoms with van der Waals surface area (Å²) >= 11 is 6.43. The average molecular weight is 586 g/mol. The lowest BCUT2D eigenvalue weighted by Gasteiger charge is -2.24. The summed E-state index contributed by atoms with van der Waals surface area (Å²) in [6.07, 6.45) is 0. The van der Waals surface area contributed by atoms with Crippen molar-refractivity contribution in [3.63, 3.8) is 0 Å². The third-order valence-electron chi connectivity index (χ3n) is 4.33. The largest absolute Gasteiger partial charge is 0.494 e. The first kappa shape index (κ1) is 24.2. The van der Waals surface area contributed by atoms with Crippen molar-refractivity contribution in [2.75, 3.05) is 22.8 Å². The Morgan fingerprint density at radius 1 is 1.00 bits per heavy atom. The molecule has 0 aromatic heterocycles. The number of nitrogens with zero attached hydrogens (tertiary/aromatic N) is 1. The van der Waals surface area contributed by atoms with E-state index in [2.05, 4.69) is 37.2 Å². The van der Waals surface area contributed by atoms with Crippen molar-refractivity contribution in [2.24, 2.45) is 0 Å². The highest BCUT2D eigenvalue weighted by molar-refractivity contribution is 9.10. The molecule has 0 aliphatic heterocycles. The number of nitrogens with one attached hydrogen (secondary N) is 1. The second kappa shape index (κ2) is 10.5. The van der Waals surface area contributed by atoms with Crippen LogP contribution in [-0.4, -0.2) is 27.5 Å². The van der Waals surface area contributed by atoms with Crippen molar-refractivity contribution in [3.8, 4) is 5.75 Å². The number of hydrogen-bond acceptors (Lipinski definition) is 4. The maximum Gasteiger partial charge on any atom is 0.264 e. The van der Waals surface area contributed by atoms with Gasteiger partial charge in [-0.2, -0.15) is 0 Å². The van der Waals surface area contributed by atoms with Crippen molar-refractivity contribution < 1.29 is 22.3 Å². The summed E-state index contributed by atoms with van der Waals surface area (Å²) in [5, 5.41) is 2.43. The van der Waals surface area contributed by atoms with E-state index < -0.39 is 28.3 Å². The molecule has 3 aromatic rings. The maximum absolute atomic E-state index is 14.1. The lowest BCUT2D eigenvalue weighted by atomic mass is 10.3. The molecular weight excluding hydrogens is 567 g/mol. The minimum Gasteiger partial charge on any atom is -0.494 e. The highest BCUT2D eigenvalue weighted by Crippen LogP contribution is 2.27. The zero-order valence-electron chi connectivity index (χ0n) is 16.9. The van der Waals surface area contributed by atoms with E-state index in [-0.39, 0.29) is 16.3 Å². The molecule has 10 heteroatoms. The van der Waals surface area contributed by atoms with Crippen molar-refractivity contribution in [3.05, 3.63) is 81.5 Å². The first-order valence-electron chi connectivity index (χ1n) is 9.47. The molecule has 6 nitrogen and oxygen atoms in total. The van der Waals surface area contributed by atoms with Crippen LogP contribution < -0.4 is 14.4 Å². The monoisotopic (exact) mass is 584 g/mol. The van der Waals surface area contributed by atoms with Gasteiger partial charge in [-0.3, -0.25) is 9.10 Å². The molecule has 0 aliphatic rings. The summed E-state index contributed by atoms with van der Waals surface area (Å²) in [5.74, 6) is -0.768. The molecule has 0 unspecified atom stereocenters. The van der Waals surface area contributed by atoms with Crippen molar-refractivity contribution in [1.29, 1.82) is 0 Å². The molecule has 0 spiro atoms. The third kappa shape index (κ3) is 5.87. The number of benzene rings is 3. The number of rotatable bonds is 8. The lowest BCUT2D eigenvalue weighted by molar-refractivity contribution is -0.114. The second-order valence-corrected chi connectivity index (χ2v) is 10.3. The van der Waals surface area contributed by atoms with Gasteiger partial charge in [0.2, 0.25) is 5.91 Å². The number of hydrogen-bond donors (Lipinski definition) is 1. The number of anilines is 2. The molecule has 0 heterocycles. The van der Waals surface area contributed by atoms with Gasteiger partial charge in [0.05, 0.1) is 22.9 Å². The zero-order chi connectivity index (χ0) is 23.3. The van der Waals surface area contributed by atoms with Crippen LogP contribution in [0.4, 0.5) is 15.8 Å². The van der Waals surface area contributed by atoms with Crippen LogP contribution in [0.25, 0.3) is 0 Å². The topological polar surface area (TPSA) is 75.7 Å². The standard InChI is InChI=1S/C22H19Br2FN2O4S/c1-2-31-18-8-6-17(7-9-18)27(32(29,30)19-10-3-15(23)4-11-19)14-22(28)26-21-12-5-16(24)13-20(21)25/h3-13H,2,14H2,1H3,(H,26,28). The van der Waals surface area contributed by atoms with Crippen LogP contribution in [-0.2, 0) is 14.8 Å². The second-order valence-electron chi connectivity index (χ2n) is 6.56. The normalized spacial score (nSPS) is 11.1. The average Bonchev–Trinajstić information content (AvgIpc) is 2.75. The van der Waals surface area contributed by atoms with Crippen LogP contribution in [0.5, 0.6) is 5.75 Å². The fourth-order valence-electron chi connectivity index (χ4n) is 2.84. The Morgan fingerprint density at radius 2 is 1.62 bits per heavy atom. The van der Waals surface area contributed by atoms with E-state index in [0.29, 0.717) is 21.3 Å². The Kier molecular flexibility index (Phi) is 7.91. The van der Waals surface area contributed by atoms with Gasteiger partial charge in [0.1, 0.15) is 18.1 Å². The molecular formula is C22H19Br2FN2O4S. The summed E-state index contributed by atoms with van der Waals surface area (Å²) in [4.78, 5) is 12.7. The van der Waals surface area contributed by atoms with E-state index in [9.17, 15) is 17.6 Å².